The lowest BCUT2D eigenvalue weighted by atomic mass is 10.0. The van der Waals surface area contributed by atoms with E-state index in [4.69, 9.17) is 0 Å². The molecule has 1 aliphatic heterocycles. The summed E-state index contributed by atoms with van der Waals surface area (Å²) < 4.78 is 13.3. The van der Waals surface area contributed by atoms with E-state index in [9.17, 15) is 24.4 Å². The van der Waals surface area contributed by atoms with Crippen molar-refractivity contribution in [2.24, 2.45) is 0 Å². The van der Waals surface area contributed by atoms with Crippen LogP contribution in [0.1, 0.15) is 24.8 Å². The van der Waals surface area contributed by atoms with Crippen LogP contribution in [0.5, 0.6) is 0 Å². The Hall–Kier alpha value is -1.73. The summed E-state index contributed by atoms with van der Waals surface area (Å²) in [6, 6.07) is 2.59. The number of halogens is 2. The normalized spacial score (nSPS) is 18.8. The number of carboxylic acid groups (broad SMARTS) is 1. The Morgan fingerprint density at radius 1 is 1.48 bits per heavy atom. The molecule has 1 aliphatic rings. The van der Waals surface area contributed by atoms with Crippen molar-refractivity contribution in [3.05, 3.63) is 39.7 Å². The van der Waals surface area contributed by atoms with Gasteiger partial charge < -0.3 is 5.11 Å². The van der Waals surface area contributed by atoms with Crippen LogP contribution in [0.15, 0.2) is 18.2 Å². The molecule has 6 nitrogen and oxygen atoms in total. The molecule has 0 radical (unpaired) electrons. The smallest absolute Gasteiger partial charge is 0.320 e. The molecule has 1 heterocycles. The van der Waals surface area contributed by atoms with Gasteiger partial charge in [-0.1, -0.05) is 6.42 Å². The topological polar surface area (TPSA) is 83.7 Å². The van der Waals surface area contributed by atoms with Gasteiger partial charge in [-0.05, 0) is 31.5 Å². The number of benzene rings is 1. The number of rotatable bonds is 4. The minimum Gasteiger partial charge on any atom is -0.480 e. The van der Waals surface area contributed by atoms with Gasteiger partial charge >= 0.3 is 5.97 Å². The van der Waals surface area contributed by atoms with Crippen LogP contribution in [0.25, 0.3) is 0 Å². The third-order valence-corrected chi connectivity index (χ3v) is 3.51. The number of carboxylic acids is 1. The van der Waals surface area contributed by atoms with E-state index in [-0.39, 0.29) is 30.2 Å². The molecule has 0 spiro atoms. The first-order valence-electron chi connectivity index (χ1n) is 6.38. The van der Waals surface area contributed by atoms with Crippen LogP contribution in [0.3, 0.4) is 0 Å². The van der Waals surface area contributed by atoms with Crippen LogP contribution in [-0.4, -0.2) is 33.5 Å². The van der Waals surface area contributed by atoms with Gasteiger partial charge in [0.05, 0.1) is 4.92 Å². The fraction of sp³-hybridized carbons (Fsp3) is 0.462. The second kappa shape index (κ2) is 7.33. The van der Waals surface area contributed by atoms with E-state index in [0.29, 0.717) is 13.0 Å². The van der Waals surface area contributed by atoms with E-state index in [1.807, 2.05) is 0 Å². The summed E-state index contributed by atoms with van der Waals surface area (Å²) in [6.07, 6.45) is 2.17. The molecule has 0 amide bonds. The first-order chi connectivity index (χ1) is 9.49. The fourth-order valence-corrected chi connectivity index (χ4v) is 2.54. The lowest BCUT2D eigenvalue weighted by molar-refractivity contribution is -0.385. The van der Waals surface area contributed by atoms with Crippen molar-refractivity contribution in [2.45, 2.75) is 31.8 Å². The molecule has 1 fully saturated rings. The first kappa shape index (κ1) is 17.3. The molecule has 1 saturated heterocycles. The lowest BCUT2D eigenvalue weighted by Crippen LogP contribution is -2.44. The Morgan fingerprint density at radius 2 is 2.19 bits per heavy atom. The van der Waals surface area contributed by atoms with Crippen molar-refractivity contribution >= 4 is 24.1 Å². The minimum atomic E-state index is -0.941. The van der Waals surface area contributed by atoms with Crippen molar-refractivity contribution < 1.29 is 19.2 Å². The summed E-state index contributed by atoms with van der Waals surface area (Å²) >= 11 is 0. The summed E-state index contributed by atoms with van der Waals surface area (Å²) in [5, 5.41) is 20.1. The summed E-state index contributed by atoms with van der Waals surface area (Å²) in [6.45, 7) is 0.621. The number of nitro groups is 1. The summed E-state index contributed by atoms with van der Waals surface area (Å²) in [7, 11) is 0. The molecule has 0 aliphatic carbocycles. The van der Waals surface area contributed by atoms with Gasteiger partial charge in [-0.25, -0.2) is 4.39 Å². The van der Waals surface area contributed by atoms with Gasteiger partial charge in [-0.3, -0.25) is 19.8 Å². The fourth-order valence-electron chi connectivity index (χ4n) is 2.54. The molecule has 1 atom stereocenters. The molecule has 0 aromatic heterocycles. The molecule has 1 aromatic rings. The Kier molecular flexibility index (Phi) is 6.04. The van der Waals surface area contributed by atoms with Crippen LogP contribution in [0.4, 0.5) is 10.1 Å². The minimum absolute atomic E-state index is 0. The zero-order valence-electron chi connectivity index (χ0n) is 11.2. The highest BCUT2D eigenvalue weighted by atomic mass is 35.5. The highest BCUT2D eigenvalue weighted by molar-refractivity contribution is 5.85. The lowest BCUT2D eigenvalue weighted by Gasteiger charge is -2.32. The van der Waals surface area contributed by atoms with Crippen molar-refractivity contribution in [3.63, 3.8) is 0 Å². The van der Waals surface area contributed by atoms with E-state index < -0.39 is 22.8 Å². The maximum absolute atomic E-state index is 13.3. The van der Waals surface area contributed by atoms with Crippen molar-refractivity contribution in [3.8, 4) is 0 Å². The predicted molar refractivity (Wildman–Crippen MR) is 76.0 cm³/mol. The van der Waals surface area contributed by atoms with Gasteiger partial charge in [0.2, 0.25) is 0 Å². The molecule has 0 saturated carbocycles. The maximum Gasteiger partial charge on any atom is 0.320 e. The molecule has 2 rings (SSSR count). The van der Waals surface area contributed by atoms with Gasteiger partial charge in [0, 0.05) is 18.2 Å². The van der Waals surface area contributed by atoms with E-state index in [1.54, 1.807) is 4.90 Å². The van der Waals surface area contributed by atoms with Gasteiger partial charge in [-0.2, -0.15) is 0 Å². The van der Waals surface area contributed by atoms with Crippen LogP contribution < -0.4 is 0 Å². The standard InChI is InChI=1S/C13H15FN2O4.ClH/c14-10-4-5-11(16(19)20)9(7-10)8-15-6-2-1-3-12(15)13(17)18;/h4-5,7,12H,1-3,6,8H2,(H,17,18);1H. The Balaban J connectivity index is 0.00000220. The van der Waals surface area contributed by atoms with Crippen LogP contribution >= 0.6 is 12.4 Å². The van der Waals surface area contributed by atoms with E-state index >= 15 is 0 Å². The van der Waals surface area contributed by atoms with Gasteiger partial charge in [0.15, 0.2) is 0 Å². The SMILES string of the molecule is Cl.O=C(O)C1CCCCN1Cc1cc(F)ccc1[N+](=O)[O-]. The molecule has 21 heavy (non-hydrogen) atoms. The van der Waals surface area contributed by atoms with Gasteiger partial charge in [-0.15, -0.1) is 12.4 Å². The molecular weight excluding hydrogens is 303 g/mol. The number of nitrogens with zero attached hydrogens (tertiary/aromatic N) is 2. The molecular formula is C13H16ClFN2O4. The number of nitro benzene ring substituents is 1. The zero-order valence-corrected chi connectivity index (χ0v) is 12.0. The van der Waals surface area contributed by atoms with Crippen LogP contribution in [-0.2, 0) is 11.3 Å². The van der Waals surface area contributed by atoms with E-state index in [0.717, 1.165) is 31.0 Å². The summed E-state index contributed by atoms with van der Waals surface area (Å²) in [4.78, 5) is 23.2. The molecule has 1 unspecified atom stereocenters. The first-order valence-corrected chi connectivity index (χ1v) is 6.38. The third kappa shape index (κ3) is 4.12. The Labute approximate surface area is 127 Å². The molecule has 1 N–H and O–H groups in total. The number of carbonyl (C=O) groups is 1. The van der Waals surface area contributed by atoms with Crippen molar-refractivity contribution in [2.75, 3.05) is 6.54 Å². The number of aliphatic carboxylic acids is 1. The predicted octanol–water partition coefficient (Wildman–Crippen LogP) is 2.59. The second-order valence-electron chi connectivity index (χ2n) is 4.85. The Bertz CT molecular complexity index is 541. The quantitative estimate of drug-likeness (QED) is 0.681. The van der Waals surface area contributed by atoms with Crippen molar-refractivity contribution in [1.29, 1.82) is 0 Å². The molecule has 1 aromatic carbocycles. The average molecular weight is 319 g/mol. The number of hydrogen-bond acceptors (Lipinski definition) is 4. The molecule has 8 heteroatoms. The Morgan fingerprint density at radius 3 is 2.81 bits per heavy atom. The zero-order chi connectivity index (χ0) is 14.7. The molecule has 116 valence electrons. The number of likely N-dealkylation sites (tertiary alicyclic amines) is 1. The van der Waals surface area contributed by atoms with Crippen molar-refractivity contribution in [1.82, 2.24) is 4.90 Å². The summed E-state index contributed by atoms with van der Waals surface area (Å²) in [5.74, 6) is -1.50. The highest BCUT2D eigenvalue weighted by Gasteiger charge is 2.30. The van der Waals surface area contributed by atoms with Crippen LogP contribution in [0.2, 0.25) is 0 Å². The monoisotopic (exact) mass is 318 g/mol. The van der Waals surface area contributed by atoms with Crippen LogP contribution in [0, 0.1) is 15.9 Å². The third-order valence-electron chi connectivity index (χ3n) is 3.51. The second-order valence-corrected chi connectivity index (χ2v) is 4.85. The highest BCUT2D eigenvalue weighted by Crippen LogP contribution is 2.25. The number of hydrogen-bond donors (Lipinski definition) is 1. The van der Waals surface area contributed by atoms with E-state index in [2.05, 4.69) is 0 Å². The van der Waals surface area contributed by atoms with Gasteiger partial charge in [0.25, 0.3) is 5.69 Å². The van der Waals surface area contributed by atoms with Gasteiger partial charge in [0.1, 0.15) is 11.9 Å². The number of piperidine rings is 1. The maximum atomic E-state index is 13.3. The summed E-state index contributed by atoms with van der Waals surface area (Å²) in [5.41, 5.74) is 0.0317. The van der Waals surface area contributed by atoms with E-state index in [1.165, 1.54) is 0 Å². The largest absolute Gasteiger partial charge is 0.480 e. The average Bonchev–Trinajstić information content (AvgIpc) is 2.38. The molecule has 0 bridgehead atoms.